The third kappa shape index (κ3) is 4.28. The highest BCUT2D eigenvalue weighted by Crippen LogP contribution is 2.35. The first-order valence-electron chi connectivity index (χ1n) is 8.96. The summed E-state index contributed by atoms with van der Waals surface area (Å²) in [7, 11) is 0. The summed E-state index contributed by atoms with van der Waals surface area (Å²) in [6, 6.07) is 9.85. The van der Waals surface area contributed by atoms with Crippen LogP contribution >= 0.6 is 0 Å². The Bertz CT molecular complexity index is 693. The second-order valence-corrected chi connectivity index (χ2v) is 7.02. The van der Waals surface area contributed by atoms with Crippen LogP contribution in [0, 0.1) is 19.3 Å². The van der Waals surface area contributed by atoms with Crippen molar-refractivity contribution >= 4 is 5.82 Å². The summed E-state index contributed by atoms with van der Waals surface area (Å²) < 4.78 is 5.86. The Morgan fingerprint density at radius 2 is 2.04 bits per heavy atom. The molecule has 1 N–H and O–H groups in total. The Morgan fingerprint density at radius 3 is 2.80 bits per heavy atom. The Hall–Kier alpha value is -2.14. The quantitative estimate of drug-likeness (QED) is 0.875. The molecule has 2 aromatic rings. The zero-order valence-corrected chi connectivity index (χ0v) is 15.1. The van der Waals surface area contributed by atoms with Gasteiger partial charge in [-0.2, -0.15) is 0 Å². The summed E-state index contributed by atoms with van der Waals surface area (Å²) in [4.78, 5) is 11.4. The number of hydrogen-bond acceptors (Lipinski definition) is 5. The van der Waals surface area contributed by atoms with E-state index in [2.05, 4.69) is 14.9 Å². The third-order valence-corrected chi connectivity index (χ3v) is 4.99. The Kier molecular flexibility index (Phi) is 5.53. The number of anilines is 1. The molecule has 134 valence electrons. The summed E-state index contributed by atoms with van der Waals surface area (Å²) in [6.07, 6.45) is 4.68. The van der Waals surface area contributed by atoms with Crippen molar-refractivity contribution in [3.05, 3.63) is 47.9 Å². The van der Waals surface area contributed by atoms with Gasteiger partial charge in [0.05, 0.1) is 24.6 Å². The van der Waals surface area contributed by atoms with Crippen molar-refractivity contribution in [3.8, 4) is 5.75 Å². The van der Waals surface area contributed by atoms with Crippen LogP contribution < -0.4 is 9.64 Å². The van der Waals surface area contributed by atoms with Crippen molar-refractivity contribution in [3.63, 3.8) is 0 Å². The van der Waals surface area contributed by atoms with Crippen LogP contribution in [0.2, 0.25) is 0 Å². The first-order chi connectivity index (χ1) is 12.1. The van der Waals surface area contributed by atoms with Gasteiger partial charge in [-0.3, -0.25) is 4.98 Å². The highest BCUT2D eigenvalue weighted by atomic mass is 16.5. The molecule has 0 unspecified atom stereocenters. The maximum Gasteiger partial charge on any atom is 0.150 e. The van der Waals surface area contributed by atoms with Crippen LogP contribution in [0.15, 0.2) is 36.5 Å². The van der Waals surface area contributed by atoms with E-state index in [0.29, 0.717) is 6.61 Å². The van der Waals surface area contributed by atoms with E-state index >= 15 is 0 Å². The molecule has 0 bridgehead atoms. The van der Waals surface area contributed by atoms with E-state index in [9.17, 15) is 5.11 Å². The molecule has 25 heavy (non-hydrogen) atoms. The molecule has 0 radical (unpaired) electrons. The molecule has 0 spiro atoms. The van der Waals surface area contributed by atoms with Gasteiger partial charge >= 0.3 is 0 Å². The minimum absolute atomic E-state index is 0.148. The van der Waals surface area contributed by atoms with Gasteiger partial charge in [-0.25, -0.2) is 4.98 Å². The van der Waals surface area contributed by atoms with Crippen LogP contribution in [-0.4, -0.2) is 41.4 Å². The number of nitrogens with zero attached hydrogens (tertiary/aromatic N) is 3. The number of para-hydroxylation sites is 1. The summed E-state index contributed by atoms with van der Waals surface area (Å²) in [5.74, 6) is 1.82. The lowest BCUT2D eigenvalue weighted by atomic mass is 9.78. The minimum atomic E-state index is -0.148. The highest BCUT2D eigenvalue weighted by molar-refractivity contribution is 5.44. The van der Waals surface area contributed by atoms with Gasteiger partial charge in [0.2, 0.25) is 0 Å². The SMILES string of the molecule is Cc1cnc(C)c(N2CCC[C@@](CO)(CCOc3ccccc3)C2)n1. The molecule has 1 fully saturated rings. The van der Waals surface area contributed by atoms with Gasteiger partial charge in [-0.1, -0.05) is 18.2 Å². The predicted octanol–water partition coefficient (Wildman–Crippen LogP) is 3.14. The standard InChI is InChI=1S/C20H27N3O2/c1-16-13-21-17(2)19(22-16)23-11-6-9-20(14-23,15-24)10-12-25-18-7-4-3-5-8-18/h3-5,7-8,13,24H,6,9-12,14-15H2,1-2H3/t20-/m1/s1. The van der Waals surface area contributed by atoms with Gasteiger partial charge in [0.1, 0.15) is 11.6 Å². The molecule has 1 aromatic carbocycles. The van der Waals surface area contributed by atoms with Crippen LogP contribution in [0.5, 0.6) is 5.75 Å². The molecule has 2 heterocycles. The van der Waals surface area contributed by atoms with Crippen molar-refractivity contribution < 1.29 is 9.84 Å². The van der Waals surface area contributed by atoms with Crippen LogP contribution in [0.4, 0.5) is 5.82 Å². The van der Waals surface area contributed by atoms with Crippen molar-refractivity contribution in [2.45, 2.75) is 33.1 Å². The van der Waals surface area contributed by atoms with E-state index in [1.807, 2.05) is 44.2 Å². The first-order valence-corrected chi connectivity index (χ1v) is 8.96. The fraction of sp³-hybridized carbons (Fsp3) is 0.500. The van der Waals surface area contributed by atoms with Crippen molar-refractivity contribution in [1.29, 1.82) is 0 Å². The molecular formula is C20H27N3O2. The van der Waals surface area contributed by atoms with Crippen LogP contribution in [0.3, 0.4) is 0 Å². The smallest absolute Gasteiger partial charge is 0.150 e. The van der Waals surface area contributed by atoms with Crippen molar-refractivity contribution in [1.82, 2.24) is 9.97 Å². The molecule has 5 heteroatoms. The molecule has 0 aliphatic carbocycles. The monoisotopic (exact) mass is 341 g/mol. The van der Waals surface area contributed by atoms with E-state index in [-0.39, 0.29) is 12.0 Å². The van der Waals surface area contributed by atoms with Crippen molar-refractivity contribution in [2.24, 2.45) is 5.41 Å². The highest BCUT2D eigenvalue weighted by Gasteiger charge is 2.36. The summed E-state index contributed by atoms with van der Waals surface area (Å²) in [5, 5.41) is 10.1. The minimum Gasteiger partial charge on any atom is -0.494 e. The molecule has 0 saturated carbocycles. The predicted molar refractivity (Wildman–Crippen MR) is 99.0 cm³/mol. The first kappa shape index (κ1) is 17.7. The number of aliphatic hydroxyl groups is 1. The Morgan fingerprint density at radius 1 is 1.24 bits per heavy atom. The Balaban J connectivity index is 1.67. The number of aliphatic hydroxyl groups excluding tert-OH is 1. The molecule has 1 aliphatic heterocycles. The third-order valence-electron chi connectivity index (χ3n) is 4.99. The van der Waals surface area contributed by atoms with E-state index in [0.717, 1.165) is 55.3 Å². The second kappa shape index (κ2) is 7.83. The van der Waals surface area contributed by atoms with Gasteiger partial charge in [0.15, 0.2) is 0 Å². The van der Waals surface area contributed by atoms with Crippen LogP contribution in [0.1, 0.15) is 30.7 Å². The lowest BCUT2D eigenvalue weighted by Gasteiger charge is -2.42. The van der Waals surface area contributed by atoms with Gasteiger partial charge < -0.3 is 14.7 Å². The number of aryl methyl sites for hydroxylation is 2. The lowest BCUT2D eigenvalue weighted by molar-refractivity contribution is 0.0791. The number of benzene rings is 1. The zero-order valence-electron chi connectivity index (χ0n) is 15.1. The number of ether oxygens (including phenoxy) is 1. The van der Waals surface area contributed by atoms with E-state index in [1.54, 1.807) is 6.20 Å². The summed E-state index contributed by atoms with van der Waals surface area (Å²) >= 11 is 0. The average molecular weight is 341 g/mol. The molecular weight excluding hydrogens is 314 g/mol. The van der Waals surface area contributed by atoms with Gasteiger partial charge in [0, 0.05) is 24.7 Å². The fourth-order valence-electron chi connectivity index (χ4n) is 3.53. The maximum atomic E-state index is 10.1. The number of hydrogen-bond donors (Lipinski definition) is 1. The molecule has 1 aromatic heterocycles. The van der Waals surface area contributed by atoms with E-state index < -0.39 is 0 Å². The lowest BCUT2D eigenvalue weighted by Crippen LogP contribution is -2.47. The van der Waals surface area contributed by atoms with E-state index in [4.69, 9.17) is 4.74 Å². The maximum absolute atomic E-state index is 10.1. The molecule has 1 atom stereocenters. The van der Waals surface area contributed by atoms with Gasteiger partial charge in [0.25, 0.3) is 0 Å². The fourth-order valence-corrected chi connectivity index (χ4v) is 3.53. The largest absolute Gasteiger partial charge is 0.494 e. The molecule has 1 aliphatic rings. The number of rotatable bonds is 6. The van der Waals surface area contributed by atoms with Crippen LogP contribution in [-0.2, 0) is 0 Å². The zero-order chi connectivity index (χ0) is 17.7. The summed E-state index contributed by atoms with van der Waals surface area (Å²) in [5.41, 5.74) is 1.72. The molecule has 5 nitrogen and oxygen atoms in total. The number of piperidine rings is 1. The molecule has 1 saturated heterocycles. The Labute approximate surface area is 149 Å². The number of aromatic nitrogens is 2. The normalized spacial score (nSPS) is 20.5. The van der Waals surface area contributed by atoms with Crippen molar-refractivity contribution in [2.75, 3.05) is 31.2 Å². The second-order valence-electron chi connectivity index (χ2n) is 7.02. The van der Waals surface area contributed by atoms with Crippen LogP contribution in [0.25, 0.3) is 0 Å². The summed E-state index contributed by atoms with van der Waals surface area (Å²) in [6.45, 7) is 6.49. The van der Waals surface area contributed by atoms with Gasteiger partial charge in [-0.15, -0.1) is 0 Å². The molecule has 3 rings (SSSR count). The average Bonchev–Trinajstić information content (AvgIpc) is 2.65. The topological polar surface area (TPSA) is 58.5 Å². The van der Waals surface area contributed by atoms with Gasteiger partial charge in [-0.05, 0) is 45.2 Å². The molecule has 0 amide bonds. The van der Waals surface area contributed by atoms with E-state index in [1.165, 1.54) is 0 Å².